The fourth-order valence-electron chi connectivity index (χ4n) is 2.06. The molecule has 0 radical (unpaired) electrons. The first-order valence-corrected chi connectivity index (χ1v) is 5.69. The fraction of sp³-hybridized carbons (Fsp3) is 0.250. The normalized spacial score (nSPS) is 23.3. The lowest BCUT2D eigenvalue weighted by Crippen LogP contribution is -2.62. The highest BCUT2D eigenvalue weighted by Gasteiger charge is 2.54. The summed E-state index contributed by atoms with van der Waals surface area (Å²) in [4.78, 5) is 0. The predicted octanol–water partition coefficient (Wildman–Crippen LogP) is 3.37. The van der Waals surface area contributed by atoms with Gasteiger partial charge in [-0.25, -0.2) is 0 Å². The second-order valence-corrected chi connectivity index (χ2v) is 4.16. The summed E-state index contributed by atoms with van der Waals surface area (Å²) in [7, 11) is 0. The number of hydrogen-bond acceptors (Lipinski definition) is 2. The Labute approximate surface area is 109 Å². The summed E-state index contributed by atoms with van der Waals surface area (Å²) in [5.41, 5.74) is -2.64. The van der Waals surface area contributed by atoms with E-state index in [2.05, 4.69) is 39.5 Å². The standard InChI is InChI=1S/C16H20O2/c1-7-14(8-2)13-17-15(9-3,10-4)16(11-5,12-6)18-14/h7-12H,1-6,13H2. The van der Waals surface area contributed by atoms with Crippen LogP contribution in [-0.2, 0) is 9.47 Å². The summed E-state index contributed by atoms with van der Waals surface area (Å²) in [5, 5.41) is 0. The molecule has 2 heteroatoms. The molecule has 1 aliphatic heterocycles. The summed E-state index contributed by atoms with van der Waals surface area (Å²) in [6.45, 7) is 23.0. The number of hydrogen-bond donors (Lipinski definition) is 0. The van der Waals surface area contributed by atoms with Gasteiger partial charge in [-0.3, -0.25) is 0 Å². The quantitative estimate of drug-likeness (QED) is 0.667. The Hall–Kier alpha value is -1.64. The largest absolute Gasteiger partial charge is 0.359 e. The minimum atomic E-state index is -0.961. The highest BCUT2D eigenvalue weighted by atomic mass is 16.6. The molecule has 0 saturated carbocycles. The van der Waals surface area contributed by atoms with Gasteiger partial charge in [0.15, 0.2) is 0 Å². The Balaban J connectivity index is 3.40. The van der Waals surface area contributed by atoms with Gasteiger partial charge in [-0.05, 0) is 0 Å². The molecule has 1 heterocycles. The van der Waals surface area contributed by atoms with E-state index >= 15 is 0 Å². The van der Waals surface area contributed by atoms with Gasteiger partial charge in [0.05, 0.1) is 6.61 Å². The van der Waals surface area contributed by atoms with Gasteiger partial charge in [0.25, 0.3) is 0 Å². The monoisotopic (exact) mass is 244 g/mol. The first-order chi connectivity index (χ1) is 8.53. The van der Waals surface area contributed by atoms with Crippen molar-refractivity contribution >= 4 is 0 Å². The lowest BCUT2D eigenvalue weighted by molar-refractivity contribution is -0.227. The van der Waals surface area contributed by atoms with E-state index < -0.39 is 16.8 Å². The van der Waals surface area contributed by atoms with Crippen molar-refractivity contribution in [3.05, 3.63) is 75.9 Å². The molecule has 1 saturated heterocycles. The molecule has 0 aromatic heterocycles. The maximum absolute atomic E-state index is 6.12. The average molecular weight is 244 g/mol. The summed E-state index contributed by atoms with van der Waals surface area (Å²) in [6, 6.07) is 0. The van der Waals surface area contributed by atoms with Gasteiger partial charge in [-0.15, -0.1) is 0 Å². The molecule has 0 bridgehead atoms. The minimum absolute atomic E-state index is 0.279. The van der Waals surface area contributed by atoms with E-state index in [0.29, 0.717) is 0 Å². The minimum Gasteiger partial charge on any atom is -0.359 e. The molecule has 1 fully saturated rings. The lowest BCUT2D eigenvalue weighted by Gasteiger charge is -2.52. The topological polar surface area (TPSA) is 18.5 Å². The van der Waals surface area contributed by atoms with E-state index in [1.54, 1.807) is 36.5 Å². The molecule has 1 rings (SSSR count). The Bertz CT molecular complexity index is 379. The second kappa shape index (κ2) is 4.92. The van der Waals surface area contributed by atoms with Gasteiger partial charge in [-0.1, -0.05) is 75.9 Å². The van der Waals surface area contributed by atoms with E-state index in [1.807, 2.05) is 0 Å². The highest BCUT2D eigenvalue weighted by Crippen LogP contribution is 2.43. The van der Waals surface area contributed by atoms with Crippen LogP contribution in [0.3, 0.4) is 0 Å². The fourth-order valence-corrected chi connectivity index (χ4v) is 2.06. The van der Waals surface area contributed by atoms with Crippen LogP contribution in [0.25, 0.3) is 0 Å². The zero-order chi connectivity index (χ0) is 13.9. The smallest absolute Gasteiger partial charge is 0.142 e. The molecule has 2 nitrogen and oxygen atoms in total. The van der Waals surface area contributed by atoms with Gasteiger partial charge < -0.3 is 9.47 Å². The summed E-state index contributed by atoms with van der Waals surface area (Å²) < 4.78 is 12.0. The van der Waals surface area contributed by atoms with E-state index in [-0.39, 0.29) is 6.61 Å². The van der Waals surface area contributed by atoms with Crippen molar-refractivity contribution in [3.8, 4) is 0 Å². The lowest BCUT2D eigenvalue weighted by atomic mass is 9.79. The molecule has 0 aromatic carbocycles. The maximum atomic E-state index is 6.12. The molecule has 0 amide bonds. The first-order valence-electron chi connectivity index (χ1n) is 5.69. The summed E-state index contributed by atoms with van der Waals surface area (Å²) in [5.74, 6) is 0. The SMILES string of the molecule is C=CC1(C=C)COC(C=C)(C=C)C(C=C)(C=C)O1. The van der Waals surface area contributed by atoms with Crippen LogP contribution in [0.5, 0.6) is 0 Å². The average Bonchev–Trinajstić information content (AvgIpc) is 2.46. The van der Waals surface area contributed by atoms with Crippen molar-refractivity contribution in [1.82, 2.24) is 0 Å². The van der Waals surface area contributed by atoms with Crippen LogP contribution >= 0.6 is 0 Å². The third kappa shape index (κ3) is 1.74. The highest BCUT2D eigenvalue weighted by molar-refractivity contribution is 5.35. The molecule has 0 atom stereocenters. The summed E-state index contributed by atoms with van der Waals surface area (Å²) >= 11 is 0. The number of rotatable bonds is 6. The Morgan fingerprint density at radius 2 is 1.11 bits per heavy atom. The van der Waals surface area contributed by atoms with Crippen LogP contribution in [0.4, 0.5) is 0 Å². The van der Waals surface area contributed by atoms with Crippen molar-refractivity contribution < 1.29 is 9.47 Å². The zero-order valence-electron chi connectivity index (χ0n) is 10.7. The molecule has 1 aliphatic rings. The third-order valence-corrected chi connectivity index (χ3v) is 3.41. The van der Waals surface area contributed by atoms with Crippen molar-refractivity contribution in [1.29, 1.82) is 0 Å². The molecule has 0 unspecified atom stereocenters. The van der Waals surface area contributed by atoms with Gasteiger partial charge in [-0.2, -0.15) is 0 Å². The van der Waals surface area contributed by atoms with Crippen LogP contribution in [0.2, 0.25) is 0 Å². The Kier molecular flexibility index (Phi) is 3.95. The second-order valence-electron chi connectivity index (χ2n) is 4.16. The van der Waals surface area contributed by atoms with E-state index in [1.165, 1.54) is 0 Å². The molecular formula is C16H20O2. The third-order valence-electron chi connectivity index (χ3n) is 3.41. The molecule has 0 N–H and O–H groups in total. The van der Waals surface area contributed by atoms with Crippen molar-refractivity contribution in [2.75, 3.05) is 6.61 Å². The van der Waals surface area contributed by atoms with Crippen LogP contribution < -0.4 is 0 Å². The van der Waals surface area contributed by atoms with E-state index in [9.17, 15) is 0 Å². The van der Waals surface area contributed by atoms with Crippen molar-refractivity contribution in [3.63, 3.8) is 0 Å². The van der Waals surface area contributed by atoms with E-state index in [0.717, 1.165) is 0 Å². The van der Waals surface area contributed by atoms with Gasteiger partial charge in [0.2, 0.25) is 0 Å². The van der Waals surface area contributed by atoms with Crippen molar-refractivity contribution in [2.45, 2.75) is 16.8 Å². The molecule has 0 spiro atoms. The molecule has 0 aromatic rings. The predicted molar refractivity (Wildman–Crippen MR) is 76.4 cm³/mol. The summed E-state index contributed by atoms with van der Waals surface area (Å²) in [6.07, 6.45) is 9.84. The van der Waals surface area contributed by atoms with Crippen LogP contribution in [0.15, 0.2) is 75.9 Å². The molecular weight excluding hydrogens is 224 g/mol. The maximum Gasteiger partial charge on any atom is 0.142 e. The van der Waals surface area contributed by atoms with Crippen LogP contribution in [0, 0.1) is 0 Å². The van der Waals surface area contributed by atoms with Crippen LogP contribution in [0.1, 0.15) is 0 Å². The molecule has 18 heavy (non-hydrogen) atoms. The van der Waals surface area contributed by atoms with Crippen LogP contribution in [-0.4, -0.2) is 23.4 Å². The Morgan fingerprint density at radius 1 is 0.667 bits per heavy atom. The number of ether oxygens (including phenoxy) is 2. The van der Waals surface area contributed by atoms with Crippen molar-refractivity contribution in [2.24, 2.45) is 0 Å². The van der Waals surface area contributed by atoms with Gasteiger partial charge >= 0.3 is 0 Å². The van der Waals surface area contributed by atoms with E-state index in [4.69, 9.17) is 9.47 Å². The van der Waals surface area contributed by atoms with Gasteiger partial charge in [0, 0.05) is 0 Å². The zero-order valence-corrected chi connectivity index (χ0v) is 10.7. The first kappa shape index (κ1) is 14.4. The Morgan fingerprint density at radius 3 is 1.44 bits per heavy atom. The van der Waals surface area contributed by atoms with Gasteiger partial charge in [0.1, 0.15) is 16.8 Å². The molecule has 96 valence electrons. The molecule has 0 aliphatic carbocycles.